The number of carbonyl (C=O) groups excluding carboxylic acids is 1. The summed E-state index contributed by atoms with van der Waals surface area (Å²) in [4.78, 5) is 13.5. The number of rotatable bonds is 64. The van der Waals surface area contributed by atoms with E-state index in [2.05, 4.69) is 43.5 Å². The van der Waals surface area contributed by atoms with Gasteiger partial charge in [-0.25, -0.2) is 0 Å². The molecule has 0 bridgehead atoms. The van der Waals surface area contributed by atoms with E-state index in [1.807, 2.05) is 6.08 Å². The molecule has 0 aromatic carbocycles. The third kappa shape index (κ3) is 40.3. The molecular weight excluding hydrogens is 1250 g/mol. The van der Waals surface area contributed by atoms with Gasteiger partial charge in [0.2, 0.25) is 5.91 Å². The quantitative estimate of drug-likeness (QED) is 0.0199. The first-order valence-electron chi connectivity index (χ1n) is 40.2. The first kappa shape index (κ1) is 90.2. The van der Waals surface area contributed by atoms with Crippen LogP contribution in [-0.4, -0.2) is 193 Å². The van der Waals surface area contributed by atoms with E-state index in [1.165, 1.54) is 257 Å². The van der Waals surface area contributed by atoms with Gasteiger partial charge in [-0.15, -0.1) is 0 Å². The molecule has 98 heavy (non-hydrogen) atoms. The van der Waals surface area contributed by atoms with E-state index >= 15 is 0 Å². The average molecular weight is 1400 g/mol. The molecule has 0 aromatic heterocycles. The Bertz CT molecular complexity index is 1910. The van der Waals surface area contributed by atoms with Crippen LogP contribution in [0.2, 0.25) is 0 Å². The highest BCUT2D eigenvalue weighted by molar-refractivity contribution is 5.76. The summed E-state index contributed by atoms with van der Waals surface area (Å²) in [5.41, 5.74) is 0. The van der Waals surface area contributed by atoms with Gasteiger partial charge in [0.25, 0.3) is 0 Å². The summed E-state index contributed by atoms with van der Waals surface area (Å²) in [6.07, 6.45) is 47.1. The Hall–Kier alpha value is -1.99. The Kier molecular flexibility index (Phi) is 55.5. The Morgan fingerprint density at radius 3 is 1.02 bits per heavy atom. The van der Waals surface area contributed by atoms with Crippen molar-refractivity contribution in [3.8, 4) is 0 Å². The highest BCUT2D eigenvalue weighted by atomic mass is 16.8. The number of ether oxygens (including phenoxy) is 6. The molecular formula is C79H147NO18. The smallest absolute Gasteiger partial charge is 0.220 e. The summed E-state index contributed by atoms with van der Waals surface area (Å²) in [6.45, 7) is 1.77. The van der Waals surface area contributed by atoms with E-state index in [1.54, 1.807) is 6.08 Å². The van der Waals surface area contributed by atoms with Crippen LogP contribution >= 0.6 is 0 Å². The third-order valence-electron chi connectivity index (χ3n) is 20.2. The predicted octanol–water partition coefficient (Wildman–Crippen LogP) is 13.1. The van der Waals surface area contributed by atoms with E-state index in [0.717, 1.165) is 38.5 Å². The van der Waals surface area contributed by atoms with Crippen LogP contribution in [0.4, 0.5) is 0 Å². The number of amides is 1. The van der Waals surface area contributed by atoms with Crippen molar-refractivity contribution in [3.05, 3.63) is 36.5 Å². The van der Waals surface area contributed by atoms with Crippen molar-refractivity contribution in [2.24, 2.45) is 0 Å². The second kappa shape index (κ2) is 60.3. The highest BCUT2D eigenvalue weighted by Crippen LogP contribution is 2.33. The van der Waals surface area contributed by atoms with Crippen molar-refractivity contribution in [1.29, 1.82) is 0 Å². The van der Waals surface area contributed by atoms with Gasteiger partial charge in [0.05, 0.1) is 38.6 Å². The van der Waals surface area contributed by atoms with Crippen molar-refractivity contribution in [2.45, 2.75) is 433 Å². The van der Waals surface area contributed by atoms with E-state index in [4.69, 9.17) is 28.4 Å². The molecule has 3 aliphatic rings. The molecule has 3 fully saturated rings. The van der Waals surface area contributed by atoms with Crippen LogP contribution in [0.25, 0.3) is 0 Å². The summed E-state index contributed by atoms with van der Waals surface area (Å²) in [5, 5.41) is 121. The van der Waals surface area contributed by atoms with Gasteiger partial charge < -0.3 is 89.9 Å². The zero-order chi connectivity index (χ0) is 71.1. The van der Waals surface area contributed by atoms with Crippen LogP contribution in [0.15, 0.2) is 36.5 Å². The maximum Gasteiger partial charge on any atom is 0.220 e. The van der Waals surface area contributed by atoms with Crippen LogP contribution < -0.4 is 5.32 Å². The average Bonchev–Trinajstić information content (AvgIpc) is 0.784. The summed E-state index contributed by atoms with van der Waals surface area (Å²) in [6, 6.07) is -0.991. The zero-order valence-electron chi connectivity index (χ0n) is 61.5. The van der Waals surface area contributed by atoms with Crippen LogP contribution in [0.1, 0.15) is 328 Å². The molecule has 3 aliphatic heterocycles. The number of nitrogens with one attached hydrogen (secondary N) is 1. The summed E-state index contributed by atoms with van der Waals surface area (Å²) >= 11 is 0. The van der Waals surface area contributed by atoms with Gasteiger partial charge in [-0.2, -0.15) is 0 Å². The number of aliphatic hydroxyl groups excluding tert-OH is 11. The molecule has 17 unspecified atom stereocenters. The zero-order valence-corrected chi connectivity index (χ0v) is 61.5. The summed E-state index contributed by atoms with van der Waals surface area (Å²) in [7, 11) is 0. The maximum atomic E-state index is 13.5. The van der Waals surface area contributed by atoms with Crippen molar-refractivity contribution < 1.29 is 89.4 Å². The number of allylic oxidation sites excluding steroid dienone is 5. The Balaban J connectivity index is 1.39. The molecule has 0 aliphatic carbocycles. The van der Waals surface area contributed by atoms with Crippen molar-refractivity contribution in [1.82, 2.24) is 5.32 Å². The maximum absolute atomic E-state index is 13.5. The Morgan fingerprint density at radius 1 is 0.357 bits per heavy atom. The number of hydrogen-bond acceptors (Lipinski definition) is 18. The minimum atomic E-state index is -1.98. The highest BCUT2D eigenvalue weighted by Gasteiger charge is 2.54. The van der Waals surface area contributed by atoms with Gasteiger partial charge in [-0.3, -0.25) is 4.79 Å². The number of carbonyl (C=O) groups is 1. The fraction of sp³-hybridized carbons (Fsp3) is 0.911. The fourth-order valence-corrected chi connectivity index (χ4v) is 13.7. The van der Waals surface area contributed by atoms with Gasteiger partial charge in [0, 0.05) is 6.42 Å². The molecule has 3 heterocycles. The normalized spacial score (nSPS) is 26.9. The van der Waals surface area contributed by atoms with E-state index < -0.39 is 124 Å². The minimum absolute atomic E-state index is 0.237. The molecule has 3 rings (SSSR count). The lowest BCUT2D eigenvalue weighted by Crippen LogP contribution is -2.66. The monoisotopic (exact) mass is 1400 g/mol. The Morgan fingerprint density at radius 2 is 0.653 bits per heavy atom. The lowest BCUT2D eigenvalue weighted by atomic mass is 9.96. The van der Waals surface area contributed by atoms with E-state index in [9.17, 15) is 61.0 Å². The SMILES string of the molecule is CCCCCCCCCC/C=C\CCCCCCCCCCCCCCCC(=O)NC(COC1OC(CO)C(OC2OC(CO)C(OC3OC(CO)C(O)C(O)C3O)C(O)C2O)C(O)C1O)C(O)/C=C/CC/C=C/CCCCCCCCCCCCCCCCCCCCCCCC. The van der Waals surface area contributed by atoms with Crippen molar-refractivity contribution in [2.75, 3.05) is 26.4 Å². The molecule has 0 saturated carbocycles. The predicted molar refractivity (Wildman–Crippen MR) is 388 cm³/mol. The van der Waals surface area contributed by atoms with Crippen LogP contribution in [0.5, 0.6) is 0 Å². The molecule has 0 radical (unpaired) electrons. The van der Waals surface area contributed by atoms with Gasteiger partial charge in [-0.05, 0) is 57.8 Å². The molecule has 19 nitrogen and oxygen atoms in total. The van der Waals surface area contributed by atoms with Crippen LogP contribution in [-0.2, 0) is 33.2 Å². The lowest BCUT2D eigenvalue weighted by molar-refractivity contribution is -0.379. The largest absolute Gasteiger partial charge is 0.394 e. The van der Waals surface area contributed by atoms with E-state index in [0.29, 0.717) is 12.8 Å². The summed E-state index contributed by atoms with van der Waals surface area (Å²) in [5.74, 6) is -0.281. The minimum Gasteiger partial charge on any atom is -0.394 e. The molecule has 17 atom stereocenters. The standard InChI is InChI=1S/C79H147NO18/c1-3-5-7-9-11-13-15-17-19-21-23-25-27-29-30-31-33-34-36-38-40-42-44-46-48-50-52-54-56-63(84)62(80-67(85)57-55-53-51-49-47-45-43-41-39-37-35-32-28-26-24-22-20-18-16-14-12-10-8-6-4-2)61-93-77-73(91)70(88)75(65(59-82)95-77)98-79-74(92)71(89)76(66(60-83)96-79)97-78-72(90)69(87)68(86)64(58-81)94-78/h22,24,46,48,54,56,62-66,68-79,81-84,86-92H,3-21,23,25-45,47,49-53,55,57-61H2,1-2H3,(H,80,85)/b24-22-,48-46+,56-54+. The van der Waals surface area contributed by atoms with Gasteiger partial charge in [0.1, 0.15) is 73.2 Å². The molecule has 0 spiro atoms. The van der Waals surface area contributed by atoms with Crippen LogP contribution in [0.3, 0.4) is 0 Å². The first-order valence-corrected chi connectivity index (χ1v) is 40.2. The molecule has 1 amide bonds. The number of hydrogen-bond donors (Lipinski definition) is 12. The number of unbranched alkanes of at least 4 members (excludes halogenated alkanes) is 44. The summed E-state index contributed by atoms with van der Waals surface area (Å²) < 4.78 is 34.4. The lowest BCUT2D eigenvalue weighted by Gasteiger charge is -2.48. The van der Waals surface area contributed by atoms with E-state index in [-0.39, 0.29) is 18.9 Å². The molecule has 0 aromatic rings. The van der Waals surface area contributed by atoms with Crippen molar-refractivity contribution >= 4 is 5.91 Å². The fourth-order valence-electron chi connectivity index (χ4n) is 13.7. The molecule has 12 N–H and O–H groups in total. The van der Waals surface area contributed by atoms with Gasteiger partial charge in [0.15, 0.2) is 18.9 Å². The third-order valence-corrected chi connectivity index (χ3v) is 20.2. The Labute approximate surface area is 593 Å². The van der Waals surface area contributed by atoms with Crippen molar-refractivity contribution in [3.63, 3.8) is 0 Å². The second-order valence-electron chi connectivity index (χ2n) is 28.9. The molecule has 19 heteroatoms. The molecule has 3 saturated heterocycles. The van der Waals surface area contributed by atoms with Gasteiger partial charge >= 0.3 is 0 Å². The second-order valence-corrected chi connectivity index (χ2v) is 28.9. The topological polar surface area (TPSA) is 307 Å². The molecule has 576 valence electrons. The first-order chi connectivity index (χ1) is 47.8. The number of aliphatic hydroxyl groups is 11. The van der Waals surface area contributed by atoms with Gasteiger partial charge in [-0.1, -0.05) is 301 Å². The van der Waals surface area contributed by atoms with Crippen LogP contribution in [0, 0.1) is 0 Å².